The highest BCUT2D eigenvalue weighted by molar-refractivity contribution is 5.79. The first-order valence-electron chi connectivity index (χ1n) is 9.12. The van der Waals surface area contributed by atoms with E-state index in [0.29, 0.717) is 41.6 Å². The fourth-order valence-electron chi connectivity index (χ4n) is 2.98. The van der Waals surface area contributed by atoms with Crippen LogP contribution in [0, 0.1) is 6.92 Å². The number of hydrogen-bond acceptors (Lipinski definition) is 6. The number of nitrogens with one attached hydrogen (secondary N) is 1. The van der Waals surface area contributed by atoms with Crippen molar-refractivity contribution in [2.45, 2.75) is 33.2 Å². The largest absolute Gasteiger partial charge is 0.348 e. The Morgan fingerprint density at radius 2 is 2.04 bits per heavy atom. The summed E-state index contributed by atoms with van der Waals surface area (Å²) in [7, 11) is 0. The molecule has 8 nitrogen and oxygen atoms in total. The van der Waals surface area contributed by atoms with Crippen molar-refractivity contribution in [3.63, 3.8) is 0 Å². The third-order valence-corrected chi connectivity index (χ3v) is 4.58. The lowest BCUT2D eigenvalue weighted by Gasteiger charge is -2.07. The summed E-state index contributed by atoms with van der Waals surface area (Å²) in [6.07, 6.45) is 2.87. The number of benzene rings is 1. The molecule has 0 fully saturated rings. The molecule has 1 N–H and O–H groups in total. The maximum atomic E-state index is 12.3. The van der Waals surface area contributed by atoms with Gasteiger partial charge in [-0.2, -0.15) is 4.98 Å². The molecule has 0 saturated carbocycles. The highest BCUT2D eigenvalue weighted by atomic mass is 16.5. The molecule has 3 aromatic heterocycles. The average Bonchev–Trinajstić information content (AvgIpc) is 3.35. The first-order chi connectivity index (χ1) is 13.7. The number of carbonyl (C=O) groups excluding carboxylic acids is 1. The zero-order valence-electron chi connectivity index (χ0n) is 15.7. The lowest BCUT2D eigenvalue weighted by Crippen LogP contribution is -2.25. The number of rotatable bonds is 6. The fourth-order valence-corrected chi connectivity index (χ4v) is 2.98. The molecule has 1 amide bonds. The summed E-state index contributed by atoms with van der Waals surface area (Å²) < 4.78 is 7.14. The van der Waals surface area contributed by atoms with Gasteiger partial charge in [0.25, 0.3) is 5.89 Å². The molecule has 0 atom stereocenters. The molecule has 0 saturated heterocycles. The maximum absolute atomic E-state index is 12.3. The minimum absolute atomic E-state index is 0.0632. The molecule has 0 radical (unpaired) electrons. The van der Waals surface area contributed by atoms with Crippen LogP contribution < -0.4 is 5.32 Å². The highest BCUT2D eigenvalue weighted by Crippen LogP contribution is 2.22. The van der Waals surface area contributed by atoms with Gasteiger partial charge in [0.15, 0.2) is 17.3 Å². The first kappa shape index (κ1) is 17.8. The number of aromatic nitrogens is 5. The number of fused-ring (bicyclic) bond motifs is 1. The lowest BCUT2D eigenvalue weighted by molar-refractivity contribution is -0.120. The molecule has 3 heterocycles. The third kappa shape index (κ3) is 3.48. The van der Waals surface area contributed by atoms with Crippen LogP contribution in [0.3, 0.4) is 0 Å². The molecule has 142 valence electrons. The second kappa shape index (κ2) is 7.59. The SMILES string of the molecule is CCc1noc(-c2cccn3c(CNC(=O)Cc4ccccc4C)nnc23)n1. The van der Waals surface area contributed by atoms with Crippen LogP contribution >= 0.6 is 0 Å². The standard InChI is InChI=1S/C20H20N6O2/c1-3-16-22-20(28-25-16)15-9-6-10-26-17(23-24-19(15)26)12-21-18(27)11-14-8-5-4-7-13(14)2/h4-10H,3,11-12H2,1-2H3,(H,21,27). The van der Waals surface area contributed by atoms with Crippen LogP contribution in [-0.4, -0.2) is 30.6 Å². The van der Waals surface area contributed by atoms with Crippen molar-refractivity contribution in [1.82, 2.24) is 30.1 Å². The Morgan fingerprint density at radius 1 is 1.18 bits per heavy atom. The molecule has 4 aromatic rings. The lowest BCUT2D eigenvalue weighted by atomic mass is 10.1. The van der Waals surface area contributed by atoms with Gasteiger partial charge in [0, 0.05) is 12.6 Å². The predicted molar refractivity (Wildman–Crippen MR) is 102 cm³/mol. The summed E-state index contributed by atoms with van der Waals surface area (Å²) in [4.78, 5) is 16.7. The van der Waals surface area contributed by atoms with Gasteiger partial charge in [0.1, 0.15) is 0 Å². The van der Waals surface area contributed by atoms with E-state index >= 15 is 0 Å². The number of pyridine rings is 1. The van der Waals surface area contributed by atoms with Crippen LogP contribution in [0.15, 0.2) is 47.1 Å². The van der Waals surface area contributed by atoms with Gasteiger partial charge >= 0.3 is 0 Å². The van der Waals surface area contributed by atoms with Crippen molar-refractivity contribution in [2.24, 2.45) is 0 Å². The van der Waals surface area contributed by atoms with E-state index in [1.54, 1.807) is 0 Å². The molecule has 0 aliphatic rings. The third-order valence-electron chi connectivity index (χ3n) is 4.58. The second-order valence-corrected chi connectivity index (χ2v) is 6.48. The number of aryl methyl sites for hydroxylation is 2. The molecule has 0 aliphatic heterocycles. The summed E-state index contributed by atoms with van der Waals surface area (Å²) in [5, 5.41) is 15.3. The number of carbonyl (C=O) groups is 1. The van der Waals surface area contributed by atoms with Crippen LogP contribution in [0.25, 0.3) is 17.1 Å². The van der Waals surface area contributed by atoms with E-state index in [9.17, 15) is 4.79 Å². The van der Waals surface area contributed by atoms with Gasteiger partial charge in [-0.05, 0) is 30.2 Å². The fraction of sp³-hybridized carbons (Fsp3) is 0.250. The number of hydrogen-bond donors (Lipinski definition) is 1. The zero-order chi connectivity index (χ0) is 19.5. The summed E-state index contributed by atoms with van der Waals surface area (Å²) in [6.45, 7) is 4.24. The highest BCUT2D eigenvalue weighted by Gasteiger charge is 2.16. The molecule has 0 aliphatic carbocycles. The molecule has 8 heteroatoms. The van der Waals surface area contributed by atoms with E-state index in [-0.39, 0.29) is 12.5 Å². The van der Waals surface area contributed by atoms with Crippen LogP contribution in [0.4, 0.5) is 0 Å². The van der Waals surface area contributed by atoms with E-state index in [0.717, 1.165) is 11.1 Å². The van der Waals surface area contributed by atoms with Crippen molar-refractivity contribution < 1.29 is 9.32 Å². The maximum Gasteiger partial charge on any atom is 0.261 e. The molecule has 0 bridgehead atoms. The van der Waals surface area contributed by atoms with Gasteiger partial charge in [0.2, 0.25) is 5.91 Å². The van der Waals surface area contributed by atoms with Crippen molar-refractivity contribution >= 4 is 11.6 Å². The Morgan fingerprint density at radius 3 is 2.82 bits per heavy atom. The number of nitrogens with zero attached hydrogens (tertiary/aromatic N) is 5. The van der Waals surface area contributed by atoms with Gasteiger partial charge in [-0.15, -0.1) is 10.2 Å². The molecule has 0 spiro atoms. The monoisotopic (exact) mass is 376 g/mol. The van der Waals surface area contributed by atoms with E-state index < -0.39 is 0 Å². The summed E-state index contributed by atoms with van der Waals surface area (Å²) >= 11 is 0. The van der Waals surface area contributed by atoms with Gasteiger partial charge in [-0.25, -0.2) is 0 Å². The van der Waals surface area contributed by atoms with Crippen molar-refractivity contribution in [2.75, 3.05) is 0 Å². The second-order valence-electron chi connectivity index (χ2n) is 6.48. The topological polar surface area (TPSA) is 98.2 Å². The average molecular weight is 376 g/mol. The molecular formula is C20H20N6O2. The molecule has 0 unspecified atom stereocenters. The summed E-state index contributed by atoms with van der Waals surface area (Å²) in [5.74, 6) is 1.61. The Labute approximate surface area is 161 Å². The summed E-state index contributed by atoms with van der Waals surface area (Å²) in [6, 6.07) is 11.6. The van der Waals surface area contributed by atoms with E-state index in [1.807, 2.05) is 60.8 Å². The van der Waals surface area contributed by atoms with E-state index in [4.69, 9.17) is 4.52 Å². The van der Waals surface area contributed by atoms with Crippen LogP contribution in [0.1, 0.15) is 29.7 Å². The van der Waals surface area contributed by atoms with Gasteiger partial charge in [-0.1, -0.05) is 36.3 Å². The molecular weight excluding hydrogens is 356 g/mol. The Kier molecular flexibility index (Phi) is 4.84. The molecule has 4 rings (SSSR count). The first-order valence-corrected chi connectivity index (χ1v) is 9.12. The smallest absolute Gasteiger partial charge is 0.261 e. The Balaban J connectivity index is 1.51. The van der Waals surface area contributed by atoms with Gasteiger partial charge < -0.3 is 9.84 Å². The quantitative estimate of drug-likeness (QED) is 0.555. The minimum atomic E-state index is -0.0632. The van der Waals surface area contributed by atoms with Crippen LogP contribution in [-0.2, 0) is 24.2 Å². The van der Waals surface area contributed by atoms with Crippen molar-refractivity contribution in [3.8, 4) is 11.5 Å². The Hall–Kier alpha value is -3.55. The molecule has 1 aromatic carbocycles. The zero-order valence-corrected chi connectivity index (χ0v) is 15.7. The van der Waals surface area contributed by atoms with Gasteiger partial charge in [0.05, 0.1) is 18.5 Å². The van der Waals surface area contributed by atoms with Crippen molar-refractivity contribution in [1.29, 1.82) is 0 Å². The van der Waals surface area contributed by atoms with Crippen LogP contribution in [0.2, 0.25) is 0 Å². The normalized spacial score (nSPS) is 11.1. The van der Waals surface area contributed by atoms with Gasteiger partial charge in [-0.3, -0.25) is 9.20 Å². The molecule has 28 heavy (non-hydrogen) atoms. The van der Waals surface area contributed by atoms with Crippen molar-refractivity contribution in [3.05, 3.63) is 65.4 Å². The number of amides is 1. The predicted octanol–water partition coefficient (Wildman–Crippen LogP) is 2.51. The van der Waals surface area contributed by atoms with E-state index in [2.05, 4.69) is 25.7 Å². The Bertz CT molecular complexity index is 1130. The minimum Gasteiger partial charge on any atom is -0.348 e. The van der Waals surface area contributed by atoms with E-state index in [1.165, 1.54) is 0 Å². The summed E-state index contributed by atoms with van der Waals surface area (Å²) in [5.41, 5.74) is 3.43. The van der Waals surface area contributed by atoms with Crippen LogP contribution in [0.5, 0.6) is 0 Å².